The lowest BCUT2D eigenvalue weighted by Gasteiger charge is -2.17. The van der Waals surface area contributed by atoms with Crippen LogP contribution < -0.4 is 11.3 Å². The summed E-state index contributed by atoms with van der Waals surface area (Å²) in [5.41, 5.74) is 6.82. The molecule has 0 aliphatic carbocycles. The molecule has 2 N–H and O–H groups in total. The Bertz CT molecular complexity index is 859. The summed E-state index contributed by atoms with van der Waals surface area (Å²) in [4.78, 5) is 37.3. The second-order valence-corrected chi connectivity index (χ2v) is 6.75. The van der Waals surface area contributed by atoms with E-state index in [9.17, 15) is 14.4 Å². The molecule has 2 heterocycles. The van der Waals surface area contributed by atoms with Gasteiger partial charge in [0.1, 0.15) is 0 Å². The second kappa shape index (κ2) is 7.99. The standard InChI is InChI=1S/C20H23N3O3/c21-20(26)17-5-3-4-15(13-17)12-16-7-10-23(14-16)19(25)8-11-22-9-2-1-6-18(22)24/h1-6,9,13,16H,7-8,10-12,14H2,(H2,21,26)/t16-/m0/s1. The van der Waals surface area contributed by atoms with Crippen molar-refractivity contribution in [2.24, 2.45) is 11.7 Å². The van der Waals surface area contributed by atoms with Gasteiger partial charge in [-0.15, -0.1) is 0 Å². The van der Waals surface area contributed by atoms with Crippen molar-refractivity contribution in [1.29, 1.82) is 0 Å². The van der Waals surface area contributed by atoms with Crippen LogP contribution in [0.15, 0.2) is 53.5 Å². The number of rotatable bonds is 6. The number of amides is 2. The molecule has 3 rings (SSSR count). The summed E-state index contributed by atoms with van der Waals surface area (Å²) < 4.78 is 1.56. The van der Waals surface area contributed by atoms with E-state index < -0.39 is 5.91 Å². The number of aryl methyl sites for hydroxylation is 1. The van der Waals surface area contributed by atoms with Gasteiger partial charge in [-0.2, -0.15) is 0 Å². The number of hydrogen-bond acceptors (Lipinski definition) is 3. The summed E-state index contributed by atoms with van der Waals surface area (Å²) in [5.74, 6) is 0.0295. The van der Waals surface area contributed by atoms with Crippen LogP contribution in [0.3, 0.4) is 0 Å². The van der Waals surface area contributed by atoms with Crippen LogP contribution in [0.5, 0.6) is 0 Å². The predicted molar refractivity (Wildman–Crippen MR) is 98.7 cm³/mol. The Morgan fingerprint density at radius 1 is 1.15 bits per heavy atom. The molecule has 0 unspecified atom stereocenters. The van der Waals surface area contributed by atoms with E-state index >= 15 is 0 Å². The van der Waals surface area contributed by atoms with Crippen LogP contribution in [-0.2, 0) is 17.8 Å². The predicted octanol–water partition coefficient (Wildman–Crippen LogP) is 1.43. The van der Waals surface area contributed by atoms with Gasteiger partial charge in [0, 0.05) is 43.9 Å². The number of pyridine rings is 1. The molecule has 0 spiro atoms. The average molecular weight is 353 g/mol. The number of benzene rings is 1. The first-order chi connectivity index (χ1) is 12.5. The first-order valence-corrected chi connectivity index (χ1v) is 8.85. The van der Waals surface area contributed by atoms with Crippen molar-refractivity contribution in [2.45, 2.75) is 25.8 Å². The molecular weight excluding hydrogens is 330 g/mol. The number of aromatic nitrogens is 1. The van der Waals surface area contributed by atoms with Crippen molar-refractivity contribution in [3.05, 3.63) is 70.1 Å². The van der Waals surface area contributed by atoms with E-state index in [1.807, 2.05) is 23.1 Å². The highest BCUT2D eigenvalue weighted by atomic mass is 16.2. The van der Waals surface area contributed by atoms with Crippen molar-refractivity contribution in [2.75, 3.05) is 13.1 Å². The third-order valence-corrected chi connectivity index (χ3v) is 4.84. The quantitative estimate of drug-likeness (QED) is 0.852. The number of carbonyl (C=O) groups excluding carboxylic acids is 2. The Morgan fingerprint density at radius 2 is 2.00 bits per heavy atom. The number of nitrogens with zero attached hydrogens (tertiary/aromatic N) is 2. The number of hydrogen-bond donors (Lipinski definition) is 1. The van der Waals surface area contributed by atoms with Crippen molar-refractivity contribution in [1.82, 2.24) is 9.47 Å². The molecule has 1 aromatic carbocycles. The normalized spacial score (nSPS) is 16.6. The summed E-state index contributed by atoms with van der Waals surface area (Å²) in [5, 5.41) is 0. The van der Waals surface area contributed by atoms with Gasteiger partial charge < -0.3 is 15.2 Å². The Kier molecular flexibility index (Phi) is 5.51. The molecule has 1 atom stereocenters. The van der Waals surface area contributed by atoms with Crippen LogP contribution in [0.4, 0.5) is 0 Å². The van der Waals surface area contributed by atoms with Crippen molar-refractivity contribution < 1.29 is 9.59 Å². The summed E-state index contributed by atoms with van der Waals surface area (Å²) in [6, 6.07) is 12.3. The molecule has 2 aromatic rings. The van der Waals surface area contributed by atoms with Gasteiger partial charge in [-0.3, -0.25) is 14.4 Å². The third kappa shape index (κ3) is 4.39. The largest absolute Gasteiger partial charge is 0.366 e. The molecule has 6 nitrogen and oxygen atoms in total. The monoisotopic (exact) mass is 353 g/mol. The van der Waals surface area contributed by atoms with Crippen LogP contribution >= 0.6 is 0 Å². The van der Waals surface area contributed by atoms with E-state index in [1.54, 1.807) is 29.0 Å². The Balaban J connectivity index is 1.52. The molecule has 1 aliphatic heterocycles. The molecule has 0 bridgehead atoms. The molecular formula is C20H23N3O3. The average Bonchev–Trinajstić information content (AvgIpc) is 3.09. The minimum atomic E-state index is -0.425. The lowest BCUT2D eigenvalue weighted by molar-refractivity contribution is -0.130. The third-order valence-electron chi connectivity index (χ3n) is 4.84. The van der Waals surface area contributed by atoms with Gasteiger partial charge in [0.05, 0.1) is 0 Å². The molecule has 1 fully saturated rings. The molecule has 2 amide bonds. The van der Waals surface area contributed by atoms with Gasteiger partial charge in [0.15, 0.2) is 0 Å². The zero-order valence-corrected chi connectivity index (χ0v) is 14.6. The Hall–Kier alpha value is -2.89. The van der Waals surface area contributed by atoms with Crippen molar-refractivity contribution in [3.63, 3.8) is 0 Å². The smallest absolute Gasteiger partial charge is 0.250 e. The lowest BCUT2D eigenvalue weighted by Crippen LogP contribution is -2.30. The van der Waals surface area contributed by atoms with Gasteiger partial charge in [0.2, 0.25) is 11.8 Å². The maximum atomic E-state index is 12.4. The first kappa shape index (κ1) is 17.9. The fourth-order valence-corrected chi connectivity index (χ4v) is 3.43. The van der Waals surface area contributed by atoms with Crippen LogP contribution in [0.25, 0.3) is 0 Å². The van der Waals surface area contributed by atoms with E-state index in [4.69, 9.17) is 5.73 Å². The summed E-state index contributed by atoms with van der Waals surface area (Å²) in [7, 11) is 0. The van der Waals surface area contributed by atoms with Crippen LogP contribution in [-0.4, -0.2) is 34.4 Å². The van der Waals surface area contributed by atoms with Gasteiger partial charge in [-0.05, 0) is 42.5 Å². The number of primary amides is 1. The Morgan fingerprint density at radius 3 is 2.77 bits per heavy atom. The van der Waals surface area contributed by atoms with E-state index in [0.29, 0.717) is 31.0 Å². The van der Waals surface area contributed by atoms with Gasteiger partial charge in [0.25, 0.3) is 5.56 Å². The number of carbonyl (C=O) groups is 2. The second-order valence-electron chi connectivity index (χ2n) is 6.75. The highest BCUT2D eigenvalue weighted by Crippen LogP contribution is 2.22. The Labute approximate surface area is 152 Å². The molecule has 6 heteroatoms. The van der Waals surface area contributed by atoms with E-state index in [-0.39, 0.29) is 11.5 Å². The SMILES string of the molecule is NC(=O)c1cccc(C[C@@H]2CCN(C(=O)CCn3ccccc3=O)C2)c1. The summed E-state index contributed by atoms with van der Waals surface area (Å²) >= 11 is 0. The number of likely N-dealkylation sites (tertiary alicyclic amines) is 1. The minimum Gasteiger partial charge on any atom is -0.366 e. The number of nitrogens with two attached hydrogens (primary N) is 1. The van der Waals surface area contributed by atoms with Crippen LogP contribution in [0, 0.1) is 5.92 Å². The van der Waals surface area contributed by atoms with Crippen molar-refractivity contribution in [3.8, 4) is 0 Å². The molecule has 0 radical (unpaired) electrons. The molecule has 1 aliphatic rings. The fraction of sp³-hybridized carbons (Fsp3) is 0.350. The zero-order valence-electron chi connectivity index (χ0n) is 14.6. The summed E-state index contributed by atoms with van der Waals surface area (Å²) in [6.07, 6.45) is 3.79. The fourth-order valence-electron chi connectivity index (χ4n) is 3.43. The van der Waals surface area contributed by atoms with Gasteiger partial charge >= 0.3 is 0 Å². The molecule has 1 aromatic heterocycles. The molecule has 0 saturated carbocycles. The minimum absolute atomic E-state index is 0.0779. The van der Waals surface area contributed by atoms with Crippen molar-refractivity contribution >= 4 is 11.8 Å². The summed E-state index contributed by atoms with van der Waals surface area (Å²) in [6.45, 7) is 1.85. The highest BCUT2D eigenvalue weighted by molar-refractivity contribution is 5.92. The maximum Gasteiger partial charge on any atom is 0.250 e. The van der Waals surface area contributed by atoms with Gasteiger partial charge in [-0.25, -0.2) is 0 Å². The molecule has 136 valence electrons. The highest BCUT2D eigenvalue weighted by Gasteiger charge is 2.26. The first-order valence-electron chi connectivity index (χ1n) is 8.85. The topological polar surface area (TPSA) is 85.4 Å². The van der Waals surface area contributed by atoms with E-state index in [0.717, 1.165) is 24.9 Å². The zero-order chi connectivity index (χ0) is 18.5. The van der Waals surface area contributed by atoms with Crippen LogP contribution in [0.1, 0.15) is 28.8 Å². The molecule has 1 saturated heterocycles. The molecule has 26 heavy (non-hydrogen) atoms. The lowest BCUT2D eigenvalue weighted by atomic mass is 9.97. The van der Waals surface area contributed by atoms with Gasteiger partial charge in [-0.1, -0.05) is 18.2 Å². The maximum absolute atomic E-state index is 12.4. The van der Waals surface area contributed by atoms with E-state index in [2.05, 4.69) is 0 Å². The van der Waals surface area contributed by atoms with Crippen LogP contribution in [0.2, 0.25) is 0 Å². The van der Waals surface area contributed by atoms with E-state index in [1.165, 1.54) is 6.07 Å².